The number of benzene rings is 2. The normalized spacial score (nSPS) is 15.2. The van der Waals surface area contributed by atoms with Crippen LogP contribution in [0.2, 0.25) is 0 Å². The topological polar surface area (TPSA) is 86.0 Å². The average Bonchev–Trinajstić information content (AvgIpc) is 3.36. The quantitative estimate of drug-likeness (QED) is 0.409. The predicted molar refractivity (Wildman–Crippen MR) is 129 cm³/mol. The molecule has 168 valence electrons. The second kappa shape index (κ2) is 8.65. The number of nitrogens with zero attached hydrogens (tertiary/aromatic N) is 6. The van der Waals surface area contributed by atoms with E-state index in [-0.39, 0.29) is 11.7 Å². The fraction of sp³-hybridized carbons (Fsp3) is 0.160. The Morgan fingerprint density at radius 3 is 2.71 bits per heavy atom. The number of hydrogen-bond acceptors (Lipinski definition) is 7. The summed E-state index contributed by atoms with van der Waals surface area (Å²) >= 11 is 1.28. The number of hydrogen-bond donors (Lipinski definition) is 0. The van der Waals surface area contributed by atoms with Crippen LogP contribution in [-0.2, 0) is 4.79 Å². The van der Waals surface area contributed by atoms with E-state index >= 15 is 0 Å². The molecule has 0 saturated carbocycles. The molecule has 5 rings (SSSR count). The van der Waals surface area contributed by atoms with Crippen molar-refractivity contribution < 1.29 is 9.18 Å². The number of likely N-dealkylation sites (N-methyl/N-ethyl adjacent to an activating group) is 1. The van der Waals surface area contributed by atoms with Crippen molar-refractivity contribution in [2.24, 2.45) is 0 Å². The van der Waals surface area contributed by atoms with Crippen LogP contribution in [0.5, 0.6) is 0 Å². The van der Waals surface area contributed by atoms with E-state index in [1.54, 1.807) is 54.7 Å². The molecule has 0 unspecified atom stereocenters. The molecule has 0 N–H and O–H groups in total. The second-order valence-corrected chi connectivity index (χ2v) is 8.63. The van der Waals surface area contributed by atoms with E-state index in [0.29, 0.717) is 35.0 Å². The van der Waals surface area contributed by atoms with Gasteiger partial charge in [0.05, 0.1) is 34.5 Å². The summed E-state index contributed by atoms with van der Waals surface area (Å²) in [5.74, 6) is 0.641. The Kier molecular flexibility index (Phi) is 5.51. The molecular weight excluding hydrogens is 451 g/mol. The van der Waals surface area contributed by atoms with Gasteiger partial charge in [0.1, 0.15) is 17.5 Å². The van der Waals surface area contributed by atoms with Gasteiger partial charge in [0, 0.05) is 12.7 Å². The number of rotatable bonds is 4. The third-order valence-corrected chi connectivity index (χ3v) is 6.67. The van der Waals surface area contributed by atoms with Crippen LogP contribution in [0.4, 0.5) is 21.6 Å². The molecule has 9 heteroatoms. The molecule has 2 aromatic carbocycles. The summed E-state index contributed by atoms with van der Waals surface area (Å²) in [6, 6.07) is 15.0. The van der Waals surface area contributed by atoms with Crippen LogP contribution in [-0.4, -0.2) is 33.3 Å². The summed E-state index contributed by atoms with van der Waals surface area (Å²) in [5, 5.41) is 9.40. The number of carbonyl (C=O) groups is 1. The molecule has 0 radical (unpaired) electrons. The molecule has 2 aromatic heterocycles. The molecule has 34 heavy (non-hydrogen) atoms. The van der Waals surface area contributed by atoms with Gasteiger partial charge in [-0.15, -0.1) is 0 Å². The van der Waals surface area contributed by atoms with Gasteiger partial charge in [-0.2, -0.15) is 9.64 Å². The summed E-state index contributed by atoms with van der Waals surface area (Å²) in [4.78, 5) is 26.9. The van der Waals surface area contributed by atoms with Crippen molar-refractivity contribution in [2.75, 3.05) is 16.8 Å². The van der Waals surface area contributed by atoms with Crippen LogP contribution in [0, 0.1) is 17.1 Å². The first-order chi connectivity index (χ1) is 16.5. The minimum Gasteiger partial charge on any atom is -0.312 e. The molecule has 0 fully saturated rings. The van der Waals surface area contributed by atoms with Crippen molar-refractivity contribution in [1.29, 1.82) is 5.26 Å². The van der Waals surface area contributed by atoms with E-state index in [0.717, 1.165) is 16.0 Å². The minimum absolute atomic E-state index is 0.0714. The highest BCUT2D eigenvalue weighted by Gasteiger charge is 2.38. The fourth-order valence-electron chi connectivity index (χ4n) is 4.10. The summed E-state index contributed by atoms with van der Waals surface area (Å²) in [5.41, 5.74) is 3.32. The Bertz CT molecular complexity index is 1430. The van der Waals surface area contributed by atoms with E-state index in [1.807, 2.05) is 17.9 Å². The van der Waals surface area contributed by atoms with Crippen molar-refractivity contribution in [1.82, 2.24) is 14.3 Å². The highest BCUT2D eigenvalue weighted by atomic mass is 32.1. The zero-order chi connectivity index (χ0) is 23.8. The van der Waals surface area contributed by atoms with Crippen molar-refractivity contribution >= 4 is 34.6 Å². The van der Waals surface area contributed by atoms with E-state index < -0.39 is 6.04 Å². The number of nitriles is 1. The molecule has 1 atom stereocenters. The molecule has 7 nitrogen and oxygen atoms in total. The maximum atomic E-state index is 13.4. The number of halogens is 1. The summed E-state index contributed by atoms with van der Waals surface area (Å²) in [6.45, 7) is 1.94. The lowest BCUT2D eigenvalue weighted by atomic mass is 10.0. The van der Waals surface area contributed by atoms with Crippen molar-refractivity contribution in [3.8, 4) is 27.9 Å². The second-order valence-electron chi connectivity index (χ2n) is 7.83. The molecule has 3 heterocycles. The number of aromatic nitrogens is 3. The lowest BCUT2D eigenvalue weighted by molar-refractivity contribution is -0.119. The molecule has 0 saturated heterocycles. The Labute approximate surface area is 199 Å². The summed E-state index contributed by atoms with van der Waals surface area (Å²) in [7, 11) is 1.71. The van der Waals surface area contributed by atoms with E-state index in [1.165, 1.54) is 23.7 Å². The Balaban J connectivity index is 1.68. The number of amides is 1. The van der Waals surface area contributed by atoms with Crippen molar-refractivity contribution in [3.05, 3.63) is 72.3 Å². The van der Waals surface area contributed by atoms with Crippen molar-refractivity contribution in [2.45, 2.75) is 19.4 Å². The SMILES string of the molecule is CC[C@H]1C(=O)N(C)c2cnc(-c3cnsc3-c3ccc(F)cc3)nc2N1c1cccc(C#N)c1. The standard InChI is InChI=1S/C25H19FN6OS/c1-3-20-25(33)31(2)21-14-28-23(19-13-29-34-22(19)16-7-9-17(26)10-8-16)30-24(21)32(20)18-6-4-5-15(11-18)12-27/h4-11,13-14,20H,3H2,1-2H3/t20-/m0/s1. The van der Waals surface area contributed by atoms with Gasteiger partial charge in [-0.05, 0) is 53.8 Å². The van der Waals surface area contributed by atoms with Gasteiger partial charge < -0.3 is 9.80 Å². The maximum Gasteiger partial charge on any atom is 0.250 e. The molecule has 1 amide bonds. The fourth-order valence-corrected chi connectivity index (χ4v) is 4.85. The highest BCUT2D eigenvalue weighted by Crippen LogP contribution is 2.42. The zero-order valence-corrected chi connectivity index (χ0v) is 19.3. The summed E-state index contributed by atoms with van der Waals surface area (Å²) in [6.07, 6.45) is 3.88. The van der Waals surface area contributed by atoms with Gasteiger partial charge in [-0.3, -0.25) is 4.79 Å². The minimum atomic E-state index is -0.480. The van der Waals surface area contributed by atoms with Crippen LogP contribution in [0.1, 0.15) is 18.9 Å². The Morgan fingerprint density at radius 2 is 1.97 bits per heavy atom. The van der Waals surface area contributed by atoms with E-state index in [9.17, 15) is 14.4 Å². The third kappa shape index (κ3) is 3.58. The number of carbonyl (C=O) groups excluding carboxylic acids is 1. The number of fused-ring (bicyclic) bond motifs is 1. The lowest BCUT2D eigenvalue weighted by Crippen LogP contribution is -2.50. The van der Waals surface area contributed by atoms with Gasteiger partial charge in [0.2, 0.25) is 5.91 Å². The highest BCUT2D eigenvalue weighted by molar-refractivity contribution is 7.10. The average molecular weight is 471 g/mol. The Morgan fingerprint density at radius 1 is 1.18 bits per heavy atom. The van der Waals surface area contributed by atoms with Crippen LogP contribution < -0.4 is 9.80 Å². The van der Waals surface area contributed by atoms with E-state index in [2.05, 4.69) is 15.4 Å². The first-order valence-corrected chi connectivity index (χ1v) is 11.4. The van der Waals surface area contributed by atoms with Crippen molar-refractivity contribution in [3.63, 3.8) is 0 Å². The number of anilines is 3. The lowest BCUT2D eigenvalue weighted by Gasteiger charge is -2.40. The molecule has 1 aliphatic rings. The van der Waals surface area contributed by atoms with Crippen LogP contribution in [0.25, 0.3) is 21.8 Å². The maximum absolute atomic E-state index is 13.4. The van der Waals surface area contributed by atoms with Gasteiger partial charge in [0.25, 0.3) is 0 Å². The van der Waals surface area contributed by atoms with Gasteiger partial charge in [0.15, 0.2) is 11.6 Å². The van der Waals surface area contributed by atoms with E-state index in [4.69, 9.17) is 4.98 Å². The molecule has 4 aromatic rings. The molecular formula is C25H19FN6OS. The Hall–Kier alpha value is -4.16. The first-order valence-electron chi connectivity index (χ1n) is 10.7. The third-order valence-electron chi connectivity index (χ3n) is 5.82. The summed E-state index contributed by atoms with van der Waals surface area (Å²) < 4.78 is 17.8. The molecule has 0 aliphatic carbocycles. The van der Waals surface area contributed by atoms with Crippen LogP contribution in [0.15, 0.2) is 60.9 Å². The van der Waals surface area contributed by atoms with Crippen LogP contribution >= 0.6 is 11.5 Å². The molecule has 0 bridgehead atoms. The first kappa shape index (κ1) is 21.7. The molecule has 0 spiro atoms. The van der Waals surface area contributed by atoms with Gasteiger partial charge in [-0.25, -0.2) is 14.4 Å². The monoisotopic (exact) mass is 470 g/mol. The zero-order valence-electron chi connectivity index (χ0n) is 18.4. The predicted octanol–water partition coefficient (Wildman–Crippen LogP) is 5.17. The largest absolute Gasteiger partial charge is 0.312 e. The van der Waals surface area contributed by atoms with Gasteiger partial charge in [-0.1, -0.05) is 25.1 Å². The van der Waals surface area contributed by atoms with Crippen LogP contribution in [0.3, 0.4) is 0 Å². The molecule has 1 aliphatic heterocycles. The van der Waals surface area contributed by atoms with Gasteiger partial charge >= 0.3 is 0 Å². The smallest absolute Gasteiger partial charge is 0.250 e.